The quantitative estimate of drug-likeness (QED) is 0.457. The number of carbonyl (C=O) groups is 4. The largest absolute Gasteiger partial charge is 0.455 e. The predicted molar refractivity (Wildman–Crippen MR) is 104 cm³/mol. The highest BCUT2D eigenvalue weighted by atomic mass is 16.5. The number of urea groups is 2. The molecule has 158 valence electrons. The summed E-state index contributed by atoms with van der Waals surface area (Å²) in [5.74, 6) is -1.62. The summed E-state index contributed by atoms with van der Waals surface area (Å²) in [6, 6.07) is 8.22. The number of para-hydroxylation sites is 1. The fourth-order valence-electron chi connectivity index (χ4n) is 2.77. The van der Waals surface area contributed by atoms with Gasteiger partial charge in [-0.15, -0.1) is 0 Å². The van der Waals surface area contributed by atoms with Gasteiger partial charge in [-0.25, -0.2) is 9.59 Å². The topological polar surface area (TPSA) is 126 Å². The van der Waals surface area contributed by atoms with Gasteiger partial charge >= 0.3 is 18.0 Å². The van der Waals surface area contributed by atoms with E-state index in [0.29, 0.717) is 38.2 Å². The molecule has 10 heteroatoms. The molecule has 1 saturated heterocycles. The first-order chi connectivity index (χ1) is 14.0. The fraction of sp³-hybridized carbons (Fsp3) is 0.474. The Morgan fingerprint density at radius 3 is 2.45 bits per heavy atom. The van der Waals surface area contributed by atoms with Crippen LogP contribution in [0, 0.1) is 5.92 Å². The molecule has 0 saturated carbocycles. The molecule has 0 atom stereocenters. The summed E-state index contributed by atoms with van der Waals surface area (Å²) in [7, 11) is 1.49. The van der Waals surface area contributed by atoms with Gasteiger partial charge < -0.3 is 25.0 Å². The van der Waals surface area contributed by atoms with Gasteiger partial charge in [-0.3, -0.25) is 14.9 Å². The second-order valence-corrected chi connectivity index (χ2v) is 6.46. The molecular formula is C19H26N4O6. The van der Waals surface area contributed by atoms with Crippen LogP contribution in [0.4, 0.5) is 15.3 Å². The van der Waals surface area contributed by atoms with Crippen molar-refractivity contribution in [1.29, 1.82) is 0 Å². The Balaban J connectivity index is 1.65. The number of likely N-dealkylation sites (tertiary alicyclic amines) is 1. The molecule has 10 nitrogen and oxygen atoms in total. The molecule has 1 aromatic rings. The van der Waals surface area contributed by atoms with Crippen LogP contribution < -0.4 is 16.0 Å². The number of imide groups is 1. The van der Waals surface area contributed by atoms with Gasteiger partial charge in [-0.05, 0) is 25.0 Å². The summed E-state index contributed by atoms with van der Waals surface area (Å²) in [5, 5.41) is 7.28. The molecule has 0 radical (unpaired) electrons. The van der Waals surface area contributed by atoms with Crippen molar-refractivity contribution in [3.8, 4) is 0 Å². The van der Waals surface area contributed by atoms with Gasteiger partial charge in [0, 0.05) is 32.4 Å². The standard InChI is InChI=1S/C19H26N4O6/c1-28-12-9-20-18(26)22-16(24)13-29-17(25)14-7-10-23(11-8-14)19(27)21-15-5-3-2-4-6-15/h2-6,14H,7-13H2,1H3,(H,21,27)(H2,20,22,24,26). The van der Waals surface area contributed by atoms with E-state index in [1.807, 2.05) is 18.2 Å². The number of nitrogens with one attached hydrogen (secondary N) is 3. The van der Waals surface area contributed by atoms with E-state index in [4.69, 9.17) is 9.47 Å². The molecule has 3 N–H and O–H groups in total. The highest BCUT2D eigenvalue weighted by Gasteiger charge is 2.28. The van der Waals surface area contributed by atoms with Crippen LogP contribution in [0.3, 0.4) is 0 Å². The van der Waals surface area contributed by atoms with Gasteiger partial charge in [0.1, 0.15) is 0 Å². The van der Waals surface area contributed by atoms with E-state index in [-0.39, 0.29) is 18.5 Å². The lowest BCUT2D eigenvalue weighted by atomic mass is 9.97. The van der Waals surface area contributed by atoms with Crippen LogP contribution in [-0.4, -0.2) is 68.8 Å². The Kier molecular flexibility index (Phi) is 8.90. The lowest BCUT2D eigenvalue weighted by molar-refractivity contribution is -0.153. The van der Waals surface area contributed by atoms with Crippen LogP contribution in [0.15, 0.2) is 30.3 Å². The molecule has 5 amide bonds. The van der Waals surface area contributed by atoms with Crippen LogP contribution in [0.25, 0.3) is 0 Å². The van der Waals surface area contributed by atoms with Crippen LogP contribution in [0.5, 0.6) is 0 Å². The van der Waals surface area contributed by atoms with Gasteiger partial charge in [-0.2, -0.15) is 0 Å². The molecule has 29 heavy (non-hydrogen) atoms. The molecule has 0 bridgehead atoms. The van der Waals surface area contributed by atoms with Crippen LogP contribution >= 0.6 is 0 Å². The first-order valence-electron chi connectivity index (χ1n) is 9.34. The SMILES string of the molecule is COCCNC(=O)NC(=O)COC(=O)C1CCN(C(=O)Nc2ccccc2)CC1. The van der Waals surface area contributed by atoms with E-state index in [0.717, 1.165) is 0 Å². The Morgan fingerprint density at radius 2 is 1.79 bits per heavy atom. The summed E-state index contributed by atoms with van der Waals surface area (Å²) >= 11 is 0. The van der Waals surface area contributed by atoms with Crippen molar-refractivity contribution in [3.05, 3.63) is 30.3 Å². The number of hydrogen-bond donors (Lipinski definition) is 3. The van der Waals surface area contributed by atoms with E-state index in [1.54, 1.807) is 17.0 Å². The summed E-state index contributed by atoms with van der Waals surface area (Å²) < 4.78 is 9.76. The maximum atomic E-state index is 12.3. The maximum Gasteiger partial charge on any atom is 0.321 e. The molecule has 0 unspecified atom stereocenters. The zero-order chi connectivity index (χ0) is 21.1. The number of rotatable bonds is 7. The molecule has 1 aromatic carbocycles. The average molecular weight is 406 g/mol. The molecule has 0 aromatic heterocycles. The van der Waals surface area contributed by atoms with Crippen LogP contribution in [0.1, 0.15) is 12.8 Å². The monoisotopic (exact) mass is 406 g/mol. The predicted octanol–water partition coefficient (Wildman–Crippen LogP) is 0.946. The number of hydrogen-bond acceptors (Lipinski definition) is 6. The summed E-state index contributed by atoms with van der Waals surface area (Å²) in [6.45, 7) is 0.856. The van der Waals surface area contributed by atoms with E-state index in [1.165, 1.54) is 7.11 Å². The molecule has 1 aliphatic heterocycles. The average Bonchev–Trinajstić information content (AvgIpc) is 2.73. The minimum absolute atomic E-state index is 0.220. The summed E-state index contributed by atoms with van der Waals surface area (Å²) in [5.41, 5.74) is 0.705. The van der Waals surface area contributed by atoms with Gasteiger partial charge in [0.25, 0.3) is 5.91 Å². The van der Waals surface area contributed by atoms with E-state index in [9.17, 15) is 19.2 Å². The lowest BCUT2D eigenvalue weighted by Gasteiger charge is -2.30. The molecule has 1 aliphatic rings. The highest BCUT2D eigenvalue weighted by molar-refractivity contribution is 5.95. The number of carbonyl (C=O) groups excluding carboxylic acids is 4. The van der Waals surface area contributed by atoms with Crippen LogP contribution in [-0.2, 0) is 19.1 Å². The van der Waals surface area contributed by atoms with Gasteiger partial charge in [0.05, 0.1) is 12.5 Å². The number of nitrogens with zero attached hydrogens (tertiary/aromatic N) is 1. The van der Waals surface area contributed by atoms with E-state index >= 15 is 0 Å². The number of piperidine rings is 1. The number of ether oxygens (including phenoxy) is 2. The van der Waals surface area contributed by atoms with Gasteiger partial charge in [0.2, 0.25) is 0 Å². The fourth-order valence-corrected chi connectivity index (χ4v) is 2.77. The Bertz CT molecular complexity index is 704. The highest BCUT2D eigenvalue weighted by Crippen LogP contribution is 2.19. The Morgan fingerprint density at radius 1 is 1.10 bits per heavy atom. The van der Waals surface area contributed by atoms with Crippen molar-refractivity contribution in [3.63, 3.8) is 0 Å². The third kappa shape index (κ3) is 7.78. The second-order valence-electron chi connectivity index (χ2n) is 6.46. The van der Waals surface area contributed by atoms with Crippen molar-refractivity contribution in [2.24, 2.45) is 5.92 Å². The third-order valence-electron chi connectivity index (χ3n) is 4.33. The van der Waals surface area contributed by atoms with E-state index in [2.05, 4.69) is 16.0 Å². The van der Waals surface area contributed by atoms with Crippen molar-refractivity contribution in [2.45, 2.75) is 12.8 Å². The number of anilines is 1. The zero-order valence-corrected chi connectivity index (χ0v) is 16.3. The van der Waals surface area contributed by atoms with Crippen molar-refractivity contribution in [1.82, 2.24) is 15.5 Å². The minimum Gasteiger partial charge on any atom is -0.455 e. The van der Waals surface area contributed by atoms with Crippen molar-refractivity contribution < 1.29 is 28.7 Å². The molecule has 0 aliphatic carbocycles. The number of methoxy groups -OCH3 is 1. The Labute approximate surface area is 168 Å². The molecule has 0 spiro atoms. The minimum atomic E-state index is -0.715. The second kappa shape index (κ2) is 11.6. The van der Waals surface area contributed by atoms with E-state index < -0.39 is 24.5 Å². The Hall–Kier alpha value is -3.14. The van der Waals surface area contributed by atoms with Gasteiger partial charge in [0.15, 0.2) is 6.61 Å². The first-order valence-corrected chi connectivity index (χ1v) is 9.34. The zero-order valence-electron chi connectivity index (χ0n) is 16.3. The summed E-state index contributed by atoms with van der Waals surface area (Å²) in [4.78, 5) is 49.1. The molecule has 2 rings (SSSR count). The first kappa shape index (κ1) is 22.2. The normalized spacial score (nSPS) is 14.0. The van der Waals surface area contributed by atoms with Crippen LogP contribution in [0.2, 0.25) is 0 Å². The van der Waals surface area contributed by atoms with Crippen molar-refractivity contribution >= 4 is 29.6 Å². The molecule has 1 fully saturated rings. The number of esters is 1. The lowest BCUT2D eigenvalue weighted by Crippen LogP contribution is -2.44. The third-order valence-corrected chi connectivity index (χ3v) is 4.33. The van der Waals surface area contributed by atoms with Crippen molar-refractivity contribution in [2.75, 3.05) is 45.3 Å². The van der Waals surface area contributed by atoms with Gasteiger partial charge in [-0.1, -0.05) is 18.2 Å². The smallest absolute Gasteiger partial charge is 0.321 e. The summed E-state index contributed by atoms with van der Waals surface area (Å²) in [6.07, 6.45) is 0.889. The number of amides is 5. The maximum absolute atomic E-state index is 12.3. The molecule has 1 heterocycles. The number of benzene rings is 1. The molecular weight excluding hydrogens is 380 g/mol.